The highest BCUT2D eigenvalue weighted by atomic mass is 15.3. The molecule has 0 aliphatic carbocycles. The second kappa shape index (κ2) is 4.85. The molecule has 1 atom stereocenters. The lowest BCUT2D eigenvalue weighted by atomic mass is 10.0. The van der Waals surface area contributed by atoms with Crippen molar-refractivity contribution in [3.05, 3.63) is 35.2 Å². The first-order valence-electron chi connectivity index (χ1n) is 6.57. The Morgan fingerprint density at radius 2 is 2.40 bits per heavy atom. The van der Waals surface area contributed by atoms with E-state index in [-0.39, 0.29) is 6.04 Å². The minimum Gasteiger partial charge on any atom is -0.368 e. The predicted octanol–water partition coefficient (Wildman–Crippen LogP) is 1.44. The van der Waals surface area contributed by atoms with Crippen LogP contribution >= 0.6 is 0 Å². The number of rotatable bonds is 2. The van der Waals surface area contributed by atoms with Gasteiger partial charge in [-0.25, -0.2) is 4.98 Å². The topological polar surface area (TPSA) is 78.6 Å². The lowest BCUT2D eigenvalue weighted by Gasteiger charge is -2.26. The van der Waals surface area contributed by atoms with Gasteiger partial charge in [0.2, 0.25) is 0 Å². The van der Waals surface area contributed by atoms with Gasteiger partial charge in [0.1, 0.15) is 17.7 Å². The lowest BCUT2D eigenvalue weighted by Crippen LogP contribution is -2.35. The number of hydrogen-bond acceptors (Lipinski definition) is 5. The van der Waals surface area contributed by atoms with Crippen LogP contribution < -0.4 is 10.6 Å². The molecule has 0 saturated carbocycles. The molecular formula is C14H16N6. The summed E-state index contributed by atoms with van der Waals surface area (Å²) in [5.41, 5.74) is 2.84. The summed E-state index contributed by atoms with van der Waals surface area (Å²) in [6, 6.07) is 5.90. The molecule has 0 bridgehead atoms. The van der Waals surface area contributed by atoms with Crippen molar-refractivity contribution in [3.63, 3.8) is 0 Å². The van der Waals surface area contributed by atoms with Crippen molar-refractivity contribution in [2.45, 2.75) is 19.4 Å². The van der Waals surface area contributed by atoms with Crippen LogP contribution in [0.15, 0.2) is 18.3 Å². The largest absolute Gasteiger partial charge is 0.368 e. The Morgan fingerprint density at radius 1 is 1.55 bits per heavy atom. The quantitative estimate of drug-likeness (QED) is 0.861. The van der Waals surface area contributed by atoms with Gasteiger partial charge < -0.3 is 10.6 Å². The first-order valence-corrected chi connectivity index (χ1v) is 6.57. The van der Waals surface area contributed by atoms with E-state index in [4.69, 9.17) is 5.26 Å². The first-order chi connectivity index (χ1) is 9.69. The molecule has 1 aliphatic rings. The summed E-state index contributed by atoms with van der Waals surface area (Å²) in [7, 11) is 1.94. The summed E-state index contributed by atoms with van der Waals surface area (Å²) in [6.07, 6.45) is 2.57. The first kappa shape index (κ1) is 12.5. The molecule has 0 radical (unpaired) electrons. The normalized spacial score (nSPS) is 16.9. The Kier molecular flexibility index (Phi) is 3.03. The van der Waals surface area contributed by atoms with E-state index in [1.807, 2.05) is 18.7 Å². The van der Waals surface area contributed by atoms with Gasteiger partial charge in [-0.2, -0.15) is 10.4 Å². The van der Waals surface area contributed by atoms with Crippen LogP contribution in [-0.4, -0.2) is 27.4 Å². The second-order valence-corrected chi connectivity index (χ2v) is 4.97. The number of nitriles is 1. The van der Waals surface area contributed by atoms with E-state index in [0.29, 0.717) is 11.4 Å². The van der Waals surface area contributed by atoms with E-state index in [9.17, 15) is 0 Å². The third-order valence-corrected chi connectivity index (χ3v) is 3.58. The van der Waals surface area contributed by atoms with Crippen molar-refractivity contribution in [1.29, 1.82) is 5.26 Å². The highest BCUT2D eigenvalue weighted by Crippen LogP contribution is 2.25. The minimum atomic E-state index is 0.201. The second-order valence-electron chi connectivity index (χ2n) is 4.97. The molecule has 6 nitrogen and oxygen atoms in total. The van der Waals surface area contributed by atoms with Crippen LogP contribution in [0.4, 0.5) is 11.6 Å². The zero-order chi connectivity index (χ0) is 14.1. The van der Waals surface area contributed by atoms with E-state index in [2.05, 4.69) is 26.8 Å². The van der Waals surface area contributed by atoms with Gasteiger partial charge in [-0.05, 0) is 25.5 Å². The summed E-state index contributed by atoms with van der Waals surface area (Å²) in [5.74, 6) is 1.73. The van der Waals surface area contributed by atoms with Crippen molar-refractivity contribution < 1.29 is 0 Å². The van der Waals surface area contributed by atoms with Gasteiger partial charge >= 0.3 is 0 Å². The zero-order valence-electron chi connectivity index (χ0n) is 11.5. The molecule has 6 heteroatoms. The summed E-state index contributed by atoms with van der Waals surface area (Å²) in [6.45, 7) is 2.80. The molecule has 2 aromatic heterocycles. The van der Waals surface area contributed by atoms with Gasteiger partial charge in [0.25, 0.3) is 0 Å². The molecule has 3 rings (SSSR count). The van der Waals surface area contributed by atoms with E-state index >= 15 is 0 Å². The monoisotopic (exact) mass is 268 g/mol. The molecule has 20 heavy (non-hydrogen) atoms. The van der Waals surface area contributed by atoms with Crippen molar-refractivity contribution >= 4 is 11.6 Å². The Labute approximate surface area is 117 Å². The molecule has 1 unspecified atom stereocenters. The maximum Gasteiger partial charge on any atom is 0.144 e. The van der Waals surface area contributed by atoms with Gasteiger partial charge in [0, 0.05) is 31.4 Å². The molecular weight excluding hydrogens is 252 g/mol. The number of nitrogens with one attached hydrogen (secondary N) is 2. The van der Waals surface area contributed by atoms with Crippen LogP contribution in [0, 0.1) is 18.3 Å². The Bertz CT molecular complexity index is 681. The number of hydrogen-bond donors (Lipinski definition) is 2. The lowest BCUT2D eigenvalue weighted by molar-refractivity contribution is 0.698. The zero-order valence-corrected chi connectivity index (χ0v) is 11.5. The summed E-state index contributed by atoms with van der Waals surface area (Å²) in [4.78, 5) is 4.25. The average Bonchev–Trinajstić information content (AvgIpc) is 2.74. The third kappa shape index (κ3) is 2.07. The van der Waals surface area contributed by atoms with Gasteiger partial charge in [0.05, 0.1) is 11.3 Å². The van der Waals surface area contributed by atoms with E-state index in [0.717, 1.165) is 24.5 Å². The van der Waals surface area contributed by atoms with Crippen molar-refractivity contribution in [3.8, 4) is 6.07 Å². The average molecular weight is 268 g/mol. The molecule has 0 saturated heterocycles. The molecule has 3 heterocycles. The van der Waals surface area contributed by atoms with Crippen molar-refractivity contribution in [1.82, 2.24) is 14.8 Å². The number of anilines is 2. The number of fused-ring (bicyclic) bond motifs is 1. The predicted molar refractivity (Wildman–Crippen MR) is 76.5 cm³/mol. The van der Waals surface area contributed by atoms with Crippen LogP contribution in [0.5, 0.6) is 0 Å². The molecule has 0 fully saturated rings. The highest BCUT2D eigenvalue weighted by Gasteiger charge is 2.24. The molecule has 0 aromatic carbocycles. The number of aromatic nitrogens is 3. The van der Waals surface area contributed by atoms with Crippen molar-refractivity contribution in [2.24, 2.45) is 7.05 Å². The summed E-state index contributed by atoms with van der Waals surface area (Å²) < 4.78 is 1.88. The van der Waals surface area contributed by atoms with Crippen LogP contribution in [0.3, 0.4) is 0 Å². The molecule has 0 spiro atoms. The standard InChI is InChI=1S/C14H16N6/c1-9-12-6-11(8-17-14(12)20(2)19-9)18-13-10(7-15)4-3-5-16-13/h3-5,11,17H,6,8H2,1-2H3,(H,16,18). The fourth-order valence-electron chi connectivity index (χ4n) is 2.61. The fraction of sp³-hybridized carbons (Fsp3) is 0.357. The van der Waals surface area contributed by atoms with E-state index in [1.165, 1.54) is 5.56 Å². The summed E-state index contributed by atoms with van der Waals surface area (Å²) >= 11 is 0. The fourth-order valence-corrected chi connectivity index (χ4v) is 2.61. The Balaban J connectivity index is 1.81. The Hall–Kier alpha value is -2.55. The molecule has 2 aromatic rings. The van der Waals surface area contributed by atoms with Crippen LogP contribution in [0.2, 0.25) is 0 Å². The molecule has 102 valence electrons. The molecule has 1 aliphatic heterocycles. The van der Waals surface area contributed by atoms with Crippen molar-refractivity contribution in [2.75, 3.05) is 17.2 Å². The van der Waals surface area contributed by atoms with Gasteiger partial charge in [-0.3, -0.25) is 4.68 Å². The van der Waals surface area contributed by atoms with Gasteiger partial charge in [-0.15, -0.1) is 0 Å². The van der Waals surface area contributed by atoms with E-state index in [1.54, 1.807) is 18.3 Å². The van der Waals surface area contributed by atoms with Crippen LogP contribution in [0.25, 0.3) is 0 Å². The number of pyridine rings is 1. The maximum atomic E-state index is 9.09. The SMILES string of the molecule is Cc1nn(C)c2c1CC(Nc1ncccc1C#N)CN2. The van der Waals surface area contributed by atoms with Crippen LogP contribution in [0.1, 0.15) is 16.8 Å². The van der Waals surface area contributed by atoms with E-state index < -0.39 is 0 Å². The van der Waals surface area contributed by atoms with Gasteiger partial charge in [0.15, 0.2) is 0 Å². The van der Waals surface area contributed by atoms with Crippen LogP contribution in [-0.2, 0) is 13.5 Å². The Morgan fingerprint density at radius 3 is 3.20 bits per heavy atom. The van der Waals surface area contributed by atoms with Gasteiger partial charge in [-0.1, -0.05) is 0 Å². The molecule has 2 N–H and O–H groups in total. The number of aryl methyl sites for hydroxylation is 2. The summed E-state index contributed by atoms with van der Waals surface area (Å²) in [5, 5.41) is 20.3. The smallest absolute Gasteiger partial charge is 0.144 e. The number of nitrogens with zero attached hydrogens (tertiary/aromatic N) is 4. The maximum absolute atomic E-state index is 9.09. The molecule has 0 amide bonds. The highest BCUT2D eigenvalue weighted by molar-refractivity contribution is 5.55. The third-order valence-electron chi connectivity index (χ3n) is 3.58. The minimum absolute atomic E-state index is 0.201.